The summed E-state index contributed by atoms with van der Waals surface area (Å²) in [4.78, 5) is 11.2. The maximum atomic E-state index is 11.2. The number of rotatable bonds is 6. The lowest BCUT2D eigenvalue weighted by molar-refractivity contribution is -0.142. The minimum absolute atomic E-state index is 0.0435. The van der Waals surface area contributed by atoms with Crippen LogP contribution in [0.15, 0.2) is 30.3 Å². The maximum absolute atomic E-state index is 11.2. The van der Waals surface area contributed by atoms with Crippen molar-refractivity contribution < 1.29 is 9.53 Å². The van der Waals surface area contributed by atoms with E-state index in [0.29, 0.717) is 5.92 Å². The van der Waals surface area contributed by atoms with Crippen LogP contribution in [0, 0.1) is 11.8 Å². The fourth-order valence-electron chi connectivity index (χ4n) is 2.12. The Bertz CT molecular complexity index is 364. The lowest BCUT2D eigenvalue weighted by Crippen LogP contribution is -2.16. The van der Waals surface area contributed by atoms with Gasteiger partial charge in [-0.25, -0.2) is 0 Å². The van der Waals surface area contributed by atoms with Gasteiger partial charge in [-0.2, -0.15) is 0 Å². The average Bonchev–Trinajstić information content (AvgIpc) is 3.14. The molecule has 92 valence electrons. The SMILES string of the molecule is COC(=O)[C@@H]1C[C@H]1CCNCc1ccccc1. The standard InChI is InChI=1S/C14H19NO2/c1-17-14(16)13-9-12(13)7-8-15-10-11-5-3-2-4-6-11/h2-6,12-13,15H,7-10H2,1H3/t12-,13-/m1/s1. The zero-order chi connectivity index (χ0) is 12.1. The number of nitrogens with one attached hydrogen (secondary N) is 1. The van der Waals surface area contributed by atoms with Gasteiger partial charge in [-0.1, -0.05) is 30.3 Å². The molecule has 0 bridgehead atoms. The van der Waals surface area contributed by atoms with E-state index in [1.54, 1.807) is 0 Å². The van der Waals surface area contributed by atoms with Crippen molar-refractivity contribution in [2.24, 2.45) is 11.8 Å². The van der Waals surface area contributed by atoms with Crippen LogP contribution in [0.5, 0.6) is 0 Å². The second kappa shape index (κ2) is 5.82. The Morgan fingerprint density at radius 2 is 2.18 bits per heavy atom. The molecule has 0 unspecified atom stereocenters. The Kier molecular flexibility index (Phi) is 4.15. The number of ether oxygens (including phenoxy) is 1. The van der Waals surface area contributed by atoms with Crippen LogP contribution in [0.2, 0.25) is 0 Å². The highest BCUT2D eigenvalue weighted by atomic mass is 16.5. The third-order valence-electron chi connectivity index (χ3n) is 3.29. The van der Waals surface area contributed by atoms with Gasteiger partial charge < -0.3 is 10.1 Å². The summed E-state index contributed by atoms with van der Waals surface area (Å²) in [7, 11) is 1.46. The first kappa shape index (κ1) is 12.1. The van der Waals surface area contributed by atoms with Crippen molar-refractivity contribution in [3.8, 4) is 0 Å². The molecule has 0 heterocycles. The van der Waals surface area contributed by atoms with Gasteiger partial charge in [0.2, 0.25) is 0 Å². The third kappa shape index (κ3) is 3.56. The molecule has 1 aliphatic rings. The second-order valence-electron chi connectivity index (χ2n) is 4.58. The van der Waals surface area contributed by atoms with E-state index in [2.05, 4.69) is 17.4 Å². The molecule has 1 saturated carbocycles. The van der Waals surface area contributed by atoms with Crippen molar-refractivity contribution >= 4 is 5.97 Å². The van der Waals surface area contributed by atoms with Crippen LogP contribution < -0.4 is 5.32 Å². The van der Waals surface area contributed by atoms with Crippen molar-refractivity contribution in [1.82, 2.24) is 5.32 Å². The number of hydrogen-bond acceptors (Lipinski definition) is 3. The van der Waals surface area contributed by atoms with Crippen LogP contribution in [0.25, 0.3) is 0 Å². The summed E-state index contributed by atoms with van der Waals surface area (Å²) < 4.78 is 4.72. The smallest absolute Gasteiger partial charge is 0.308 e. The number of carbonyl (C=O) groups is 1. The molecule has 17 heavy (non-hydrogen) atoms. The van der Waals surface area contributed by atoms with E-state index in [0.717, 1.165) is 25.9 Å². The molecular formula is C14H19NO2. The first-order valence-electron chi connectivity index (χ1n) is 6.13. The van der Waals surface area contributed by atoms with E-state index in [4.69, 9.17) is 4.74 Å². The lowest BCUT2D eigenvalue weighted by atomic mass is 10.2. The van der Waals surface area contributed by atoms with Gasteiger partial charge in [0.15, 0.2) is 0 Å². The van der Waals surface area contributed by atoms with Gasteiger partial charge in [-0.3, -0.25) is 4.79 Å². The Morgan fingerprint density at radius 3 is 2.88 bits per heavy atom. The number of carbonyl (C=O) groups excluding carboxylic acids is 1. The third-order valence-corrected chi connectivity index (χ3v) is 3.29. The largest absolute Gasteiger partial charge is 0.469 e. The van der Waals surface area contributed by atoms with E-state index in [-0.39, 0.29) is 11.9 Å². The number of esters is 1. The fourth-order valence-corrected chi connectivity index (χ4v) is 2.12. The van der Waals surface area contributed by atoms with Crippen LogP contribution >= 0.6 is 0 Å². The van der Waals surface area contributed by atoms with Gasteiger partial charge in [0, 0.05) is 6.54 Å². The molecule has 3 nitrogen and oxygen atoms in total. The van der Waals surface area contributed by atoms with Gasteiger partial charge in [0.25, 0.3) is 0 Å². The molecule has 0 radical (unpaired) electrons. The highest BCUT2D eigenvalue weighted by Gasteiger charge is 2.42. The highest BCUT2D eigenvalue weighted by Crippen LogP contribution is 2.41. The molecular weight excluding hydrogens is 214 g/mol. The summed E-state index contributed by atoms with van der Waals surface area (Å²) in [5.74, 6) is 0.655. The van der Waals surface area contributed by atoms with E-state index in [9.17, 15) is 4.79 Å². The molecule has 1 aliphatic carbocycles. The minimum Gasteiger partial charge on any atom is -0.469 e. The minimum atomic E-state index is -0.0435. The predicted molar refractivity (Wildman–Crippen MR) is 66.4 cm³/mol. The van der Waals surface area contributed by atoms with E-state index < -0.39 is 0 Å². The topological polar surface area (TPSA) is 38.3 Å². The summed E-state index contributed by atoms with van der Waals surface area (Å²) in [6.45, 7) is 1.86. The summed E-state index contributed by atoms with van der Waals surface area (Å²) in [6, 6.07) is 10.3. The molecule has 0 spiro atoms. The van der Waals surface area contributed by atoms with E-state index in [1.807, 2.05) is 18.2 Å². The van der Waals surface area contributed by atoms with Crippen LogP contribution in [0.4, 0.5) is 0 Å². The van der Waals surface area contributed by atoms with Gasteiger partial charge >= 0.3 is 5.97 Å². The fraction of sp³-hybridized carbons (Fsp3) is 0.500. The monoisotopic (exact) mass is 233 g/mol. The second-order valence-corrected chi connectivity index (χ2v) is 4.58. The number of methoxy groups -OCH3 is 1. The molecule has 2 atom stereocenters. The van der Waals surface area contributed by atoms with Crippen molar-refractivity contribution in [2.75, 3.05) is 13.7 Å². The highest BCUT2D eigenvalue weighted by molar-refractivity contribution is 5.75. The van der Waals surface area contributed by atoms with Gasteiger partial charge in [-0.05, 0) is 30.9 Å². The molecule has 1 N–H and O–H groups in total. The molecule has 0 amide bonds. The van der Waals surface area contributed by atoms with Gasteiger partial charge in [-0.15, -0.1) is 0 Å². The molecule has 2 rings (SSSR count). The summed E-state index contributed by atoms with van der Waals surface area (Å²) >= 11 is 0. The normalized spacial score (nSPS) is 22.2. The molecule has 1 aromatic carbocycles. The van der Waals surface area contributed by atoms with Crippen LogP contribution in [0.1, 0.15) is 18.4 Å². The van der Waals surface area contributed by atoms with Crippen LogP contribution in [-0.4, -0.2) is 19.6 Å². The lowest BCUT2D eigenvalue weighted by Gasteiger charge is -2.04. The maximum Gasteiger partial charge on any atom is 0.308 e. The number of hydrogen-bond donors (Lipinski definition) is 1. The molecule has 0 saturated heterocycles. The van der Waals surface area contributed by atoms with E-state index >= 15 is 0 Å². The molecule has 0 aliphatic heterocycles. The molecule has 1 fully saturated rings. The average molecular weight is 233 g/mol. The quantitative estimate of drug-likeness (QED) is 0.603. The van der Waals surface area contributed by atoms with E-state index in [1.165, 1.54) is 12.7 Å². The Balaban J connectivity index is 1.58. The van der Waals surface area contributed by atoms with Crippen molar-refractivity contribution in [3.63, 3.8) is 0 Å². The summed E-state index contributed by atoms with van der Waals surface area (Å²) in [5.41, 5.74) is 1.30. The van der Waals surface area contributed by atoms with Crippen molar-refractivity contribution in [3.05, 3.63) is 35.9 Å². The Hall–Kier alpha value is -1.35. The van der Waals surface area contributed by atoms with Gasteiger partial charge in [0.05, 0.1) is 13.0 Å². The first-order valence-corrected chi connectivity index (χ1v) is 6.13. The molecule has 0 aromatic heterocycles. The number of benzene rings is 1. The zero-order valence-electron chi connectivity index (χ0n) is 10.2. The Morgan fingerprint density at radius 1 is 1.41 bits per heavy atom. The van der Waals surface area contributed by atoms with Gasteiger partial charge in [0.1, 0.15) is 0 Å². The predicted octanol–water partition coefficient (Wildman–Crippen LogP) is 1.98. The summed E-state index contributed by atoms with van der Waals surface area (Å²) in [6.07, 6.45) is 2.06. The zero-order valence-corrected chi connectivity index (χ0v) is 10.2. The Labute approximate surface area is 102 Å². The summed E-state index contributed by atoms with van der Waals surface area (Å²) in [5, 5.41) is 3.40. The first-order chi connectivity index (χ1) is 8.31. The molecule has 1 aromatic rings. The van der Waals surface area contributed by atoms with Crippen molar-refractivity contribution in [2.45, 2.75) is 19.4 Å². The van der Waals surface area contributed by atoms with Crippen LogP contribution in [0.3, 0.4) is 0 Å². The van der Waals surface area contributed by atoms with Crippen LogP contribution in [-0.2, 0) is 16.1 Å². The van der Waals surface area contributed by atoms with Crippen molar-refractivity contribution in [1.29, 1.82) is 0 Å². The molecule has 3 heteroatoms.